The van der Waals surface area contributed by atoms with Crippen LogP contribution in [0, 0.1) is 5.92 Å². The van der Waals surface area contributed by atoms with E-state index >= 15 is 0 Å². The summed E-state index contributed by atoms with van der Waals surface area (Å²) >= 11 is 0. The molecule has 1 rings (SSSR count). The van der Waals surface area contributed by atoms with Crippen molar-refractivity contribution >= 4 is 9.84 Å². The van der Waals surface area contributed by atoms with Crippen molar-refractivity contribution in [1.29, 1.82) is 0 Å². The van der Waals surface area contributed by atoms with Gasteiger partial charge in [0.2, 0.25) is 0 Å². The molecule has 0 aliphatic rings. The largest absolute Gasteiger partial charge is 0.310 e. The lowest BCUT2D eigenvalue weighted by Gasteiger charge is -2.05. The van der Waals surface area contributed by atoms with Gasteiger partial charge in [0, 0.05) is 18.0 Å². The SMILES string of the molecule is CC(C)Cc1cc(=O)[nH]c(CS(C)(=O)=O)n1. The molecule has 0 aromatic carbocycles. The first-order valence-corrected chi connectivity index (χ1v) is 7.09. The van der Waals surface area contributed by atoms with Gasteiger partial charge in [0.1, 0.15) is 11.6 Å². The number of aromatic amines is 1. The van der Waals surface area contributed by atoms with E-state index in [2.05, 4.69) is 9.97 Å². The van der Waals surface area contributed by atoms with E-state index in [9.17, 15) is 13.2 Å². The molecule has 1 N–H and O–H groups in total. The highest BCUT2D eigenvalue weighted by atomic mass is 32.2. The Bertz CT molecular complexity index is 517. The molecule has 0 unspecified atom stereocenters. The van der Waals surface area contributed by atoms with Gasteiger partial charge in [0.05, 0.1) is 0 Å². The Morgan fingerprint density at radius 2 is 2.06 bits per heavy atom. The topological polar surface area (TPSA) is 79.9 Å². The molecule has 0 aliphatic heterocycles. The van der Waals surface area contributed by atoms with Crippen LogP contribution >= 0.6 is 0 Å². The van der Waals surface area contributed by atoms with Crippen molar-refractivity contribution in [3.8, 4) is 0 Å². The average molecular weight is 244 g/mol. The fourth-order valence-corrected chi connectivity index (χ4v) is 2.04. The molecule has 1 aromatic rings. The van der Waals surface area contributed by atoms with Crippen LogP contribution in [0.3, 0.4) is 0 Å². The quantitative estimate of drug-likeness (QED) is 0.837. The minimum Gasteiger partial charge on any atom is -0.310 e. The molecular formula is C10H16N2O3S. The minimum absolute atomic E-state index is 0.214. The van der Waals surface area contributed by atoms with E-state index in [1.54, 1.807) is 0 Å². The van der Waals surface area contributed by atoms with E-state index in [1.165, 1.54) is 6.07 Å². The zero-order valence-electron chi connectivity index (χ0n) is 9.65. The van der Waals surface area contributed by atoms with Crippen molar-refractivity contribution in [2.24, 2.45) is 5.92 Å². The molecule has 6 heteroatoms. The van der Waals surface area contributed by atoms with Gasteiger partial charge >= 0.3 is 0 Å². The Morgan fingerprint density at radius 1 is 1.44 bits per heavy atom. The van der Waals surface area contributed by atoms with Crippen LogP contribution in [0.25, 0.3) is 0 Å². The number of nitrogens with one attached hydrogen (secondary N) is 1. The van der Waals surface area contributed by atoms with E-state index in [4.69, 9.17) is 0 Å². The minimum atomic E-state index is -3.17. The average Bonchev–Trinajstić information content (AvgIpc) is 1.96. The summed E-state index contributed by atoms with van der Waals surface area (Å²) in [5.74, 6) is 0.361. The molecule has 5 nitrogen and oxygen atoms in total. The summed E-state index contributed by atoms with van der Waals surface area (Å²) < 4.78 is 22.2. The second-order valence-electron chi connectivity index (χ2n) is 4.35. The second-order valence-corrected chi connectivity index (χ2v) is 6.49. The molecule has 0 saturated carbocycles. The highest BCUT2D eigenvalue weighted by Gasteiger charge is 2.09. The van der Waals surface area contributed by atoms with E-state index < -0.39 is 9.84 Å². The van der Waals surface area contributed by atoms with Crippen molar-refractivity contribution in [2.45, 2.75) is 26.0 Å². The van der Waals surface area contributed by atoms with Crippen LogP contribution in [0.5, 0.6) is 0 Å². The molecular weight excluding hydrogens is 228 g/mol. The summed E-state index contributed by atoms with van der Waals surface area (Å²) in [4.78, 5) is 17.8. The first-order valence-electron chi connectivity index (χ1n) is 5.03. The molecule has 0 spiro atoms. The molecule has 0 bridgehead atoms. The van der Waals surface area contributed by atoms with Gasteiger partial charge < -0.3 is 4.98 Å². The summed E-state index contributed by atoms with van der Waals surface area (Å²) in [6.45, 7) is 4.03. The van der Waals surface area contributed by atoms with E-state index in [0.717, 1.165) is 6.26 Å². The molecule has 16 heavy (non-hydrogen) atoms. The fraction of sp³-hybridized carbons (Fsp3) is 0.600. The maximum Gasteiger partial charge on any atom is 0.251 e. The summed E-state index contributed by atoms with van der Waals surface area (Å²) in [7, 11) is -3.17. The molecule has 1 aromatic heterocycles. The zero-order valence-corrected chi connectivity index (χ0v) is 10.5. The van der Waals surface area contributed by atoms with E-state index in [0.29, 0.717) is 18.0 Å². The third-order valence-corrected chi connectivity index (χ3v) is 2.66. The van der Waals surface area contributed by atoms with Crippen LogP contribution in [0.15, 0.2) is 10.9 Å². The highest BCUT2D eigenvalue weighted by Crippen LogP contribution is 2.04. The van der Waals surface area contributed by atoms with Gasteiger partial charge in [0.25, 0.3) is 5.56 Å². The Balaban J connectivity index is 3.03. The third kappa shape index (κ3) is 4.57. The number of H-pyrrole nitrogens is 1. The number of rotatable bonds is 4. The molecule has 0 atom stereocenters. The number of hydrogen-bond acceptors (Lipinski definition) is 4. The Labute approximate surface area is 94.8 Å². The van der Waals surface area contributed by atoms with Crippen LogP contribution in [-0.4, -0.2) is 24.6 Å². The van der Waals surface area contributed by atoms with Crippen LogP contribution in [0.2, 0.25) is 0 Å². The molecule has 0 fully saturated rings. The van der Waals surface area contributed by atoms with Crippen LogP contribution in [0.1, 0.15) is 25.4 Å². The summed E-state index contributed by atoms with van der Waals surface area (Å²) in [5, 5.41) is 0. The molecule has 0 saturated heterocycles. The third-order valence-electron chi connectivity index (χ3n) is 1.86. The van der Waals surface area contributed by atoms with Crippen molar-refractivity contribution in [3.05, 3.63) is 27.9 Å². The highest BCUT2D eigenvalue weighted by molar-refractivity contribution is 7.89. The van der Waals surface area contributed by atoms with Gasteiger partial charge in [-0.1, -0.05) is 13.8 Å². The van der Waals surface area contributed by atoms with Crippen molar-refractivity contribution in [2.75, 3.05) is 6.26 Å². The molecule has 0 aliphatic carbocycles. The van der Waals surface area contributed by atoms with Crippen molar-refractivity contribution in [3.63, 3.8) is 0 Å². The Kier molecular flexibility index (Phi) is 3.85. The zero-order chi connectivity index (χ0) is 12.3. The lowest BCUT2D eigenvalue weighted by molar-refractivity contribution is 0.598. The first kappa shape index (κ1) is 12.9. The van der Waals surface area contributed by atoms with Gasteiger partial charge in [0.15, 0.2) is 9.84 Å². The maximum absolute atomic E-state index is 11.3. The van der Waals surface area contributed by atoms with E-state index in [1.807, 2.05) is 13.8 Å². The van der Waals surface area contributed by atoms with Crippen LogP contribution < -0.4 is 5.56 Å². The predicted octanol–water partition coefficient (Wildman–Crippen LogP) is 0.513. The van der Waals surface area contributed by atoms with Gasteiger partial charge in [-0.15, -0.1) is 0 Å². The van der Waals surface area contributed by atoms with E-state index in [-0.39, 0.29) is 17.1 Å². The van der Waals surface area contributed by atoms with Gasteiger partial charge in [-0.3, -0.25) is 4.79 Å². The summed E-state index contributed by atoms with van der Waals surface area (Å²) in [6.07, 6.45) is 1.78. The van der Waals surface area contributed by atoms with Gasteiger partial charge in [-0.25, -0.2) is 13.4 Å². The standard InChI is InChI=1S/C10H16N2O3S/c1-7(2)4-8-5-10(13)12-9(11-8)6-16(3,14)15/h5,7H,4,6H2,1-3H3,(H,11,12,13). The number of hydrogen-bond donors (Lipinski definition) is 1. The van der Waals surface area contributed by atoms with Gasteiger partial charge in [-0.2, -0.15) is 0 Å². The Morgan fingerprint density at radius 3 is 2.56 bits per heavy atom. The molecule has 0 radical (unpaired) electrons. The van der Waals surface area contributed by atoms with Crippen LogP contribution in [-0.2, 0) is 22.0 Å². The van der Waals surface area contributed by atoms with Crippen molar-refractivity contribution < 1.29 is 8.42 Å². The first-order chi connectivity index (χ1) is 7.26. The summed E-state index contributed by atoms with van der Waals surface area (Å²) in [6, 6.07) is 1.41. The normalized spacial score (nSPS) is 12.0. The lowest BCUT2D eigenvalue weighted by atomic mass is 10.1. The van der Waals surface area contributed by atoms with Crippen molar-refractivity contribution in [1.82, 2.24) is 9.97 Å². The monoisotopic (exact) mass is 244 g/mol. The van der Waals surface area contributed by atoms with Crippen LogP contribution in [0.4, 0.5) is 0 Å². The second kappa shape index (κ2) is 4.78. The predicted molar refractivity (Wildman–Crippen MR) is 61.9 cm³/mol. The van der Waals surface area contributed by atoms with Gasteiger partial charge in [-0.05, 0) is 12.3 Å². The number of nitrogens with zero attached hydrogens (tertiary/aromatic N) is 1. The molecule has 0 amide bonds. The molecule has 1 heterocycles. The lowest BCUT2D eigenvalue weighted by Crippen LogP contribution is -2.16. The smallest absolute Gasteiger partial charge is 0.251 e. The number of sulfone groups is 1. The Hall–Kier alpha value is -1.17. The fourth-order valence-electron chi connectivity index (χ4n) is 1.40. The number of aromatic nitrogens is 2. The maximum atomic E-state index is 11.3. The summed E-state index contributed by atoms with van der Waals surface area (Å²) in [5.41, 5.74) is 0.335. The molecule has 90 valence electrons.